The van der Waals surface area contributed by atoms with Crippen molar-refractivity contribution in [1.29, 1.82) is 10.5 Å². The van der Waals surface area contributed by atoms with Gasteiger partial charge in [-0.05, 0) is 59.5 Å². The van der Waals surface area contributed by atoms with E-state index in [4.69, 9.17) is 0 Å². The van der Waals surface area contributed by atoms with Crippen molar-refractivity contribution in [3.8, 4) is 12.1 Å². The summed E-state index contributed by atoms with van der Waals surface area (Å²) in [4.78, 5) is 14.3. The number of Topliss-reactive ketones (excluding diaryl/α,β-unsaturated/α-hetero) is 1. The fourth-order valence-electron chi connectivity index (χ4n) is 6.05. The first kappa shape index (κ1) is 26.0. The molecule has 5 rings (SSSR count). The van der Waals surface area contributed by atoms with Gasteiger partial charge in [0.25, 0.3) is 0 Å². The second kappa shape index (κ2) is 10.3. The molecule has 4 atom stereocenters. The van der Waals surface area contributed by atoms with Gasteiger partial charge in [-0.25, -0.2) is 8.78 Å². The number of nitrogens with zero attached hydrogens (tertiary/aromatic N) is 2. The Morgan fingerprint density at radius 2 is 1.23 bits per heavy atom. The number of rotatable bonds is 5. The summed E-state index contributed by atoms with van der Waals surface area (Å²) in [5, 5.41) is 34.1. The van der Waals surface area contributed by atoms with Crippen molar-refractivity contribution in [2.75, 3.05) is 0 Å². The zero-order valence-electron chi connectivity index (χ0n) is 20.8. The zero-order valence-corrected chi connectivity index (χ0v) is 20.8. The van der Waals surface area contributed by atoms with Crippen molar-refractivity contribution in [2.24, 2.45) is 11.3 Å². The first-order chi connectivity index (χ1) is 18.8. The monoisotopic (exact) mass is 518 g/mol. The molecule has 0 radical (unpaired) electrons. The third-order valence-electron chi connectivity index (χ3n) is 7.89. The van der Waals surface area contributed by atoms with Gasteiger partial charge < -0.3 is 5.11 Å². The van der Waals surface area contributed by atoms with E-state index in [1.165, 1.54) is 36.4 Å². The highest BCUT2D eigenvalue weighted by Crippen LogP contribution is 2.63. The molecule has 1 aliphatic carbocycles. The van der Waals surface area contributed by atoms with Crippen molar-refractivity contribution in [2.45, 2.75) is 23.9 Å². The maximum Gasteiger partial charge on any atom is 0.169 e. The molecule has 1 aliphatic rings. The van der Waals surface area contributed by atoms with E-state index in [9.17, 15) is 29.2 Å². The summed E-state index contributed by atoms with van der Waals surface area (Å²) in [5.41, 5.74) is -2.05. The van der Waals surface area contributed by atoms with Gasteiger partial charge in [-0.15, -0.1) is 0 Å². The number of nitriles is 2. The summed E-state index contributed by atoms with van der Waals surface area (Å²) in [7, 11) is 0. The Balaban J connectivity index is 1.84. The van der Waals surface area contributed by atoms with E-state index in [-0.39, 0.29) is 17.5 Å². The van der Waals surface area contributed by atoms with E-state index >= 15 is 0 Å². The van der Waals surface area contributed by atoms with Gasteiger partial charge >= 0.3 is 0 Å². The second-order valence-electron chi connectivity index (χ2n) is 9.93. The lowest BCUT2D eigenvalue weighted by Gasteiger charge is -2.53. The SMILES string of the molecule is N#CC1(C#N)[C@@H](c2ccccc2)C[C@@](O)(c2ccc(F)cc2)[C@H](C(=O)c2ccc(F)cc2)[C@H]1c1ccccc1. The highest BCUT2D eigenvalue weighted by atomic mass is 19.1. The summed E-state index contributed by atoms with van der Waals surface area (Å²) >= 11 is 0. The van der Waals surface area contributed by atoms with E-state index < -0.39 is 46.2 Å². The number of ketones is 1. The number of aliphatic hydroxyl groups is 1. The molecule has 4 nitrogen and oxygen atoms in total. The predicted molar refractivity (Wildman–Crippen MR) is 141 cm³/mol. The average molecular weight is 519 g/mol. The van der Waals surface area contributed by atoms with Crippen LogP contribution in [0.3, 0.4) is 0 Å². The normalized spacial score (nSPS) is 23.8. The Morgan fingerprint density at radius 1 is 0.744 bits per heavy atom. The minimum Gasteiger partial charge on any atom is -0.384 e. The molecule has 1 fully saturated rings. The van der Waals surface area contributed by atoms with Gasteiger partial charge in [0.15, 0.2) is 11.2 Å². The molecule has 0 saturated heterocycles. The summed E-state index contributed by atoms with van der Waals surface area (Å²) in [6.45, 7) is 0. The van der Waals surface area contributed by atoms with E-state index in [1.807, 2.05) is 6.07 Å². The first-order valence-electron chi connectivity index (χ1n) is 12.5. The molecule has 0 aliphatic heterocycles. The van der Waals surface area contributed by atoms with Crippen LogP contribution in [0.1, 0.15) is 45.3 Å². The molecule has 6 heteroatoms. The Labute approximate surface area is 225 Å². The summed E-state index contributed by atoms with van der Waals surface area (Å²) in [6.07, 6.45) is -0.148. The van der Waals surface area contributed by atoms with Crippen LogP contribution in [0, 0.1) is 45.6 Å². The smallest absolute Gasteiger partial charge is 0.169 e. The number of hydrogen-bond donors (Lipinski definition) is 1. The molecular formula is C33H24F2N2O2. The fourth-order valence-corrected chi connectivity index (χ4v) is 6.05. The van der Waals surface area contributed by atoms with E-state index in [0.717, 1.165) is 12.1 Å². The number of hydrogen-bond acceptors (Lipinski definition) is 4. The van der Waals surface area contributed by atoms with E-state index in [0.29, 0.717) is 11.1 Å². The highest BCUT2D eigenvalue weighted by molar-refractivity contribution is 5.99. The molecule has 39 heavy (non-hydrogen) atoms. The molecule has 192 valence electrons. The van der Waals surface area contributed by atoms with Crippen LogP contribution in [0.25, 0.3) is 0 Å². The molecule has 4 aromatic carbocycles. The molecule has 0 spiro atoms. The Morgan fingerprint density at radius 3 is 1.74 bits per heavy atom. The molecule has 0 bridgehead atoms. The summed E-state index contributed by atoms with van der Waals surface area (Å²) in [5.74, 6) is -4.79. The van der Waals surface area contributed by atoms with Crippen molar-refractivity contribution in [3.05, 3.63) is 143 Å². The molecular weight excluding hydrogens is 494 g/mol. The minimum atomic E-state index is -1.91. The first-order valence-corrected chi connectivity index (χ1v) is 12.5. The predicted octanol–water partition coefficient (Wildman–Crippen LogP) is 6.66. The standard InChI is InChI=1S/C33H24F2N2O2/c34-26-15-11-24(12-16-26)31(38)30-29(23-9-5-2-6-10-23)32(20-36,21-37)28(22-7-3-1-4-8-22)19-33(30,39)25-13-17-27(35)18-14-25/h1-18,28-30,39H,19H2/t28-,29-,30+,33-/m1/s1. The molecule has 1 saturated carbocycles. The Kier molecular flexibility index (Phi) is 6.83. The van der Waals surface area contributed by atoms with Gasteiger partial charge in [0, 0.05) is 17.4 Å². The molecule has 0 aromatic heterocycles. The van der Waals surface area contributed by atoms with Crippen molar-refractivity contribution < 1.29 is 18.7 Å². The lowest BCUT2D eigenvalue weighted by atomic mass is 9.48. The van der Waals surface area contributed by atoms with Gasteiger partial charge in [0.1, 0.15) is 17.2 Å². The minimum absolute atomic E-state index is 0.130. The molecule has 0 heterocycles. The quantitative estimate of drug-likeness (QED) is 0.300. The lowest BCUT2D eigenvalue weighted by molar-refractivity contribution is -0.0783. The Hall–Kier alpha value is -4.65. The zero-order chi connectivity index (χ0) is 27.6. The topological polar surface area (TPSA) is 84.9 Å². The number of halogens is 2. The van der Waals surface area contributed by atoms with E-state index in [2.05, 4.69) is 12.1 Å². The van der Waals surface area contributed by atoms with Crippen LogP contribution in [0.4, 0.5) is 8.78 Å². The molecule has 0 unspecified atom stereocenters. The fraction of sp³-hybridized carbons (Fsp3) is 0.182. The van der Waals surface area contributed by atoms with Gasteiger partial charge in [-0.2, -0.15) is 10.5 Å². The largest absolute Gasteiger partial charge is 0.384 e. The number of carbonyl (C=O) groups is 1. The van der Waals surface area contributed by atoms with Gasteiger partial charge in [-0.1, -0.05) is 72.8 Å². The maximum absolute atomic E-state index is 14.3. The van der Waals surface area contributed by atoms with Gasteiger partial charge in [0.05, 0.1) is 18.1 Å². The van der Waals surface area contributed by atoms with Crippen molar-refractivity contribution in [3.63, 3.8) is 0 Å². The van der Waals surface area contributed by atoms with Crippen LogP contribution in [-0.2, 0) is 5.60 Å². The third-order valence-corrected chi connectivity index (χ3v) is 7.89. The van der Waals surface area contributed by atoms with Crippen LogP contribution >= 0.6 is 0 Å². The molecule has 1 N–H and O–H groups in total. The lowest BCUT2D eigenvalue weighted by Crippen LogP contribution is -2.55. The number of carbonyl (C=O) groups excluding carboxylic acids is 1. The van der Waals surface area contributed by atoms with Crippen LogP contribution in [0.15, 0.2) is 109 Å². The summed E-state index contributed by atoms with van der Waals surface area (Å²) in [6, 6.07) is 32.5. The van der Waals surface area contributed by atoms with Crippen molar-refractivity contribution in [1.82, 2.24) is 0 Å². The number of benzene rings is 4. The third kappa shape index (κ3) is 4.40. The maximum atomic E-state index is 14.3. The van der Waals surface area contributed by atoms with Gasteiger partial charge in [-0.3, -0.25) is 4.79 Å². The molecule has 0 amide bonds. The van der Waals surface area contributed by atoms with Crippen molar-refractivity contribution >= 4 is 5.78 Å². The average Bonchev–Trinajstić information content (AvgIpc) is 2.98. The van der Waals surface area contributed by atoms with Crippen LogP contribution in [0.5, 0.6) is 0 Å². The highest BCUT2D eigenvalue weighted by Gasteiger charge is 2.64. The van der Waals surface area contributed by atoms with E-state index in [1.54, 1.807) is 54.6 Å². The van der Waals surface area contributed by atoms with Gasteiger partial charge in [0.2, 0.25) is 0 Å². The summed E-state index contributed by atoms with van der Waals surface area (Å²) < 4.78 is 27.8. The Bertz CT molecular complexity index is 1550. The second-order valence-corrected chi connectivity index (χ2v) is 9.93. The van der Waals surface area contributed by atoms with Crippen LogP contribution in [0.2, 0.25) is 0 Å². The van der Waals surface area contributed by atoms with Crippen LogP contribution < -0.4 is 0 Å². The van der Waals surface area contributed by atoms with Crippen LogP contribution in [-0.4, -0.2) is 10.9 Å². The molecule has 4 aromatic rings.